The smallest absolute Gasteiger partial charge is 0.243 e. The number of sulfonamides is 1. The number of benzene rings is 1. The van der Waals surface area contributed by atoms with Gasteiger partial charge in [0.05, 0.1) is 22.8 Å². The lowest BCUT2D eigenvalue weighted by atomic mass is 10.00. The highest BCUT2D eigenvalue weighted by Crippen LogP contribution is 2.41. The molecule has 0 spiro atoms. The zero-order valence-electron chi connectivity index (χ0n) is 15.1. The molecule has 3 atom stereocenters. The fourth-order valence-electron chi connectivity index (χ4n) is 3.99. The SMILES string of the molecule is CCC(c1cccs1)N1C(=O)C2CN(S(=O)(=O)c3ccc(Cl)cc3)CC2C1=O. The second kappa shape index (κ2) is 7.26. The van der Waals surface area contributed by atoms with Crippen LogP contribution in [0.5, 0.6) is 0 Å². The third-order valence-corrected chi connectivity index (χ3v) is 8.49. The molecule has 28 heavy (non-hydrogen) atoms. The van der Waals surface area contributed by atoms with Crippen LogP contribution in [0, 0.1) is 11.8 Å². The van der Waals surface area contributed by atoms with E-state index in [0.29, 0.717) is 11.4 Å². The van der Waals surface area contributed by atoms with E-state index in [9.17, 15) is 18.0 Å². The van der Waals surface area contributed by atoms with Gasteiger partial charge in [-0.3, -0.25) is 14.5 Å². The number of likely N-dealkylation sites (tertiary alicyclic amines) is 1. The Morgan fingerprint density at radius 2 is 1.71 bits per heavy atom. The van der Waals surface area contributed by atoms with Crippen molar-refractivity contribution in [3.05, 3.63) is 51.7 Å². The molecule has 0 radical (unpaired) electrons. The first kappa shape index (κ1) is 19.6. The zero-order chi connectivity index (χ0) is 20.1. The molecule has 148 valence electrons. The van der Waals surface area contributed by atoms with Gasteiger partial charge in [0, 0.05) is 23.0 Å². The summed E-state index contributed by atoms with van der Waals surface area (Å²) < 4.78 is 27.0. The molecular formula is C19H19ClN2O4S2. The van der Waals surface area contributed by atoms with Crippen LogP contribution in [0.25, 0.3) is 0 Å². The Balaban J connectivity index is 1.58. The highest BCUT2D eigenvalue weighted by molar-refractivity contribution is 7.89. The fourth-order valence-corrected chi connectivity index (χ4v) is 6.50. The van der Waals surface area contributed by atoms with E-state index in [-0.39, 0.29) is 35.8 Å². The van der Waals surface area contributed by atoms with E-state index in [1.54, 1.807) is 0 Å². The summed E-state index contributed by atoms with van der Waals surface area (Å²) in [6, 6.07) is 9.43. The van der Waals surface area contributed by atoms with Gasteiger partial charge in [0.15, 0.2) is 0 Å². The number of imide groups is 1. The standard InChI is InChI=1S/C19H19ClN2O4S2/c1-2-16(17-4-3-9-27-17)22-18(23)14-10-21(11-15(14)19(22)24)28(25,26)13-7-5-12(20)6-8-13/h3-9,14-16H,2,10-11H2,1H3. The van der Waals surface area contributed by atoms with Crippen LogP contribution in [0.3, 0.4) is 0 Å². The van der Waals surface area contributed by atoms with Crippen molar-refractivity contribution < 1.29 is 18.0 Å². The van der Waals surface area contributed by atoms with Gasteiger partial charge in [0.2, 0.25) is 21.8 Å². The lowest BCUT2D eigenvalue weighted by Gasteiger charge is -2.26. The Morgan fingerprint density at radius 1 is 1.11 bits per heavy atom. The minimum Gasteiger partial charge on any atom is -0.274 e. The molecular weight excluding hydrogens is 420 g/mol. The van der Waals surface area contributed by atoms with Gasteiger partial charge in [-0.1, -0.05) is 24.6 Å². The minimum absolute atomic E-state index is 0.0254. The monoisotopic (exact) mass is 438 g/mol. The Labute approximate surface area is 172 Å². The highest BCUT2D eigenvalue weighted by atomic mass is 35.5. The number of thiophene rings is 1. The first-order chi connectivity index (χ1) is 13.3. The molecule has 0 N–H and O–H groups in total. The van der Waals surface area contributed by atoms with E-state index in [2.05, 4.69) is 0 Å². The van der Waals surface area contributed by atoms with Crippen molar-refractivity contribution in [2.75, 3.05) is 13.1 Å². The zero-order valence-corrected chi connectivity index (χ0v) is 17.5. The molecule has 2 aliphatic rings. The molecule has 2 aromatic rings. The third-order valence-electron chi connectivity index (χ3n) is 5.42. The van der Waals surface area contributed by atoms with Crippen LogP contribution in [0.1, 0.15) is 24.3 Å². The molecule has 3 unspecified atom stereocenters. The molecule has 3 heterocycles. The van der Waals surface area contributed by atoms with Gasteiger partial charge in [-0.05, 0) is 42.1 Å². The second-order valence-electron chi connectivity index (χ2n) is 6.97. The van der Waals surface area contributed by atoms with Crippen LogP contribution >= 0.6 is 22.9 Å². The third kappa shape index (κ3) is 3.08. The number of carbonyl (C=O) groups is 2. The molecule has 2 amide bonds. The Hall–Kier alpha value is -1.74. The van der Waals surface area contributed by atoms with Crippen LogP contribution in [0.4, 0.5) is 0 Å². The predicted molar refractivity (Wildman–Crippen MR) is 106 cm³/mol. The Kier molecular flexibility index (Phi) is 5.07. The molecule has 2 aliphatic heterocycles. The molecule has 0 bridgehead atoms. The van der Waals surface area contributed by atoms with Gasteiger partial charge in [0.1, 0.15) is 0 Å². The number of nitrogens with zero attached hydrogens (tertiary/aromatic N) is 2. The van der Waals surface area contributed by atoms with E-state index < -0.39 is 21.9 Å². The van der Waals surface area contributed by atoms with Gasteiger partial charge in [-0.25, -0.2) is 8.42 Å². The largest absolute Gasteiger partial charge is 0.274 e. The number of amides is 2. The van der Waals surface area contributed by atoms with Crippen molar-refractivity contribution in [3.8, 4) is 0 Å². The maximum atomic E-state index is 13.0. The van der Waals surface area contributed by atoms with E-state index >= 15 is 0 Å². The van der Waals surface area contributed by atoms with Crippen LogP contribution in [-0.2, 0) is 19.6 Å². The van der Waals surface area contributed by atoms with Gasteiger partial charge in [-0.15, -0.1) is 11.3 Å². The summed E-state index contributed by atoms with van der Waals surface area (Å²) in [4.78, 5) is 28.5. The van der Waals surface area contributed by atoms with Crippen molar-refractivity contribution in [2.45, 2.75) is 24.3 Å². The van der Waals surface area contributed by atoms with Gasteiger partial charge < -0.3 is 0 Å². The molecule has 4 rings (SSSR count). The van der Waals surface area contributed by atoms with Crippen molar-refractivity contribution in [1.82, 2.24) is 9.21 Å². The molecule has 2 saturated heterocycles. The molecule has 1 aromatic heterocycles. The van der Waals surface area contributed by atoms with E-state index in [4.69, 9.17) is 11.6 Å². The molecule has 1 aromatic carbocycles. The van der Waals surface area contributed by atoms with Gasteiger partial charge in [0.25, 0.3) is 0 Å². The van der Waals surface area contributed by atoms with Gasteiger partial charge in [-0.2, -0.15) is 4.31 Å². The predicted octanol–water partition coefficient (Wildman–Crippen LogP) is 3.16. The second-order valence-corrected chi connectivity index (χ2v) is 10.3. The van der Waals surface area contributed by atoms with Gasteiger partial charge >= 0.3 is 0 Å². The average molecular weight is 439 g/mol. The summed E-state index contributed by atoms with van der Waals surface area (Å²) >= 11 is 7.35. The molecule has 0 saturated carbocycles. The molecule has 2 fully saturated rings. The quantitative estimate of drug-likeness (QED) is 0.672. The van der Waals surface area contributed by atoms with Crippen molar-refractivity contribution in [1.29, 1.82) is 0 Å². The van der Waals surface area contributed by atoms with Crippen LogP contribution in [0.15, 0.2) is 46.7 Å². The lowest BCUT2D eigenvalue weighted by molar-refractivity contribution is -0.143. The van der Waals surface area contributed by atoms with E-state index in [0.717, 1.165) is 4.88 Å². The summed E-state index contributed by atoms with van der Waals surface area (Å²) in [7, 11) is -3.78. The summed E-state index contributed by atoms with van der Waals surface area (Å²) in [5.74, 6) is -1.79. The number of halogens is 1. The number of hydrogen-bond donors (Lipinski definition) is 0. The molecule has 9 heteroatoms. The minimum atomic E-state index is -3.78. The topological polar surface area (TPSA) is 74.8 Å². The normalized spacial score (nSPS) is 24.0. The van der Waals surface area contributed by atoms with Crippen molar-refractivity contribution in [2.24, 2.45) is 11.8 Å². The number of hydrogen-bond acceptors (Lipinski definition) is 5. The molecule has 6 nitrogen and oxygen atoms in total. The summed E-state index contributed by atoms with van der Waals surface area (Å²) in [6.07, 6.45) is 0.629. The highest BCUT2D eigenvalue weighted by Gasteiger charge is 2.56. The van der Waals surface area contributed by atoms with Crippen LogP contribution in [0.2, 0.25) is 5.02 Å². The maximum Gasteiger partial charge on any atom is 0.243 e. The first-order valence-corrected chi connectivity index (χ1v) is 11.7. The summed E-state index contributed by atoms with van der Waals surface area (Å²) in [5, 5.41) is 2.36. The van der Waals surface area contributed by atoms with E-state index in [1.165, 1.54) is 44.8 Å². The maximum absolute atomic E-state index is 13.0. The number of rotatable bonds is 5. The number of fused-ring (bicyclic) bond motifs is 1. The Morgan fingerprint density at radius 3 is 2.21 bits per heavy atom. The van der Waals surface area contributed by atoms with Crippen LogP contribution in [-0.4, -0.2) is 42.5 Å². The van der Waals surface area contributed by atoms with E-state index in [1.807, 2.05) is 24.4 Å². The first-order valence-electron chi connectivity index (χ1n) is 9.00. The number of carbonyl (C=O) groups excluding carboxylic acids is 2. The summed E-state index contributed by atoms with van der Waals surface area (Å²) in [5.41, 5.74) is 0. The van der Waals surface area contributed by atoms with Crippen molar-refractivity contribution in [3.63, 3.8) is 0 Å². The fraction of sp³-hybridized carbons (Fsp3) is 0.368. The Bertz CT molecular complexity index is 981. The van der Waals surface area contributed by atoms with Crippen molar-refractivity contribution >= 4 is 44.8 Å². The average Bonchev–Trinajstić information content (AvgIpc) is 3.39. The summed E-state index contributed by atoms with van der Waals surface area (Å²) in [6.45, 7) is 1.99. The molecule has 0 aliphatic carbocycles. The lowest BCUT2D eigenvalue weighted by Crippen LogP contribution is -2.39. The van der Waals surface area contributed by atoms with Crippen LogP contribution < -0.4 is 0 Å².